The second kappa shape index (κ2) is 6.51. The normalized spacial score (nSPS) is 17.2. The molecule has 3 aromatic rings. The van der Waals surface area contributed by atoms with Gasteiger partial charge in [0.25, 0.3) is 5.91 Å². The summed E-state index contributed by atoms with van der Waals surface area (Å²) >= 11 is 0. The average Bonchev–Trinajstić information content (AvgIpc) is 3.28. The number of amides is 1. The Kier molecular flexibility index (Phi) is 4.05. The zero-order valence-corrected chi connectivity index (χ0v) is 14.0. The minimum Gasteiger partial charge on any atom is -0.477 e. The summed E-state index contributed by atoms with van der Waals surface area (Å²) in [6.45, 7) is 3.03. The number of aromatic nitrogens is 4. The van der Waals surface area contributed by atoms with Gasteiger partial charge in [0.15, 0.2) is 11.5 Å². The first-order valence-electron chi connectivity index (χ1n) is 8.48. The maximum absolute atomic E-state index is 13.1. The van der Waals surface area contributed by atoms with E-state index in [9.17, 15) is 4.79 Å². The van der Waals surface area contributed by atoms with Crippen molar-refractivity contribution in [1.82, 2.24) is 24.5 Å². The second-order valence-corrected chi connectivity index (χ2v) is 5.93. The van der Waals surface area contributed by atoms with Crippen molar-refractivity contribution in [2.75, 3.05) is 13.2 Å². The summed E-state index contributed by atoms with van der Waals surface area (Å²) in [6.07, 6.45) is 5.37. The lowest BCUT2D eigenvalue weighted by Crippen LogP contribution is -2.32. The lowest BCUT2D eigenvalue weighted by Gasteiger charge is -2.24. The van der Waals surface area contributed by atoms with E-state index in [0.717, 1.165) is 24.3 Å². The van der Waals surface area contributed by atoms with Crippen molar-refractivity contribution < 1.29 is 9.53 Å². The van der Waals surface area contributed by atoms with Crippen LogP contribution in [0.25, 0.3) is 5.65 Å². The van der Waals surface area contributed by atoms with Gasteiger partial charge in [0.2, 0.25) is 5.88 Å². The molecule has 0 N–H and O–H groups in total. The topological polar surface area (TPSA) is 72.6 Å². The van der Waals surface area contributed by atoms with E-state index < -0.39 is 0 Å². The van der Waals surface area contributed by atoms with Crippen LogP contribution in [0.1, 0.15) is 42.0 Å². The predicted molar refractivity (Wildman–Crippen MR) is 91.4 cm³/mol. The molecule has 0 aromatic carbocycles. The number of rotatable bonds is 4. The van der Waals surface area contributed by atoms with Gasteiger partial charge in [0, 0.05) is 18.9 Å². The van der Waals surface area contributed by atoms with Crippen molar-refractivity contribution in [2.45, 2.75) is 25.8 Å². The van der Waals surface area contributed by atoms with Crippen LogP contribution in [0.4, 0.5) is 0 Å². The Hall–Kier alpha value is -2.96. The lowest BCUT2D eigenvalue weighted by molar-refractivity contribution is 0.0724. The molecular weight excluding hydrogens is 318 g/mol. The minimum absolute atomic E-state index is 0.0771. The molecule has 7 heteroatoms. The highest BCUT2D eigenvalue weighted by Gasteiger charge is 2.35. The van der Waals surface area contributed by atoms with Crippen molar-refractivity contribution in [1.29, 1.82) is 0 Å². The molecule has 0 aliphatic carbocycles. The second-order valence-electron chi connectivity index (χ2n) is 5.93. The number of nitrogens with zero attached hydrogens (tertiary/aromatic N) is 5. The molecule has 0 unspecified atom stereocenters. The number of carbonyl (C=O) groups excluding carboxylic acids is 1. The number of hydrogen-bond donors (Lipinski definition) is 0. The maximum atomic E-state index is 13.1. The first kappa shape index (κ1) is 15.6. The van der Waals surface area contributed by atoms with Crippen LogP contribution in [0, 0.1) is 0 Å². The molecule has 0 bridgehead atoms. The third-order valence-electron chi connectivity index (χ3n) is 4.43. The Morgan fingerprint density at radius 3 is 3.08 bits per heavy atom. The van der Waals surface area contributed by atoms with Crippen molar-refractivity contribution in [3.05, 3.63) is 54.1 Å². The molecule has 1 fully saturated rings. The third kappa shape index (κ3) is 2.71. The zero-order valence-electron chi connectivity index (χ0n) is 14.0. The highest BCUT2D eigenvalue weighted by Crippen LogP contribution is 2.33. The zero-order chi connectivity index (χ0) is 17.2. The van der Waals surface area contributed by atoms with Gasteiger partial charge in [-0.25, -0.2) is 4.98 Å². The van der Waals surface area contributed by atoms with Crippen LogP contribution in [0.3, 0.4) is 0 Å². The van der Waals surface area contributed by atoms with Gasteiger partial charge in [0.05, 0.1) is 12.6 Å². The molecule has 3 aromatic heterocycles. The van der Waals surface area contributed by atoms with Crippen LogP contribution in [0.15, 0.2) is 42.7 Å². The SMILES string of the molecule is CCOc1ncccc1C(=O)N1CCC[C@@H]1c1nnc2ccccn12. The van der Waals surface area contributed by atoms with Crippen LogP contribution in [0.5, 0.6) is 5.88 Å². The molecule has 1 aliphatic heterocycles. The van der Waals surface area contributed by atoms with E-state index in [0.29, 0.717) is 24.6 Å². The summed E-state index contributed by atoms with van der Waals surface area (Å²) < 4.78 is 7.47. The molecule has 0 spiro atoms. The average molecular weight is 337 g/mol. The summed E-state index contributed by atoms with van der Waals surface area (Å²) in [6, 6.07) is 9.20. The summed E-state index contributed by atoms with van der Waals surface area (Å²) in [5.41, 5.74) is 1.28. The fourth-order valence-electron chi connectivity index (χ4n) is 3.33. The maximum Gasteiger partial charge on any atom is 0.259 e. The third-order valence-corrected chi connectivity index (χ3v) is 4.43. The van der Waals surface area contributed by atoms with Crippen LogP contribution >= 0.6 is 0 Å². The molecule has 0 radical (unpaired) electrons. The Morgan fingerprint density at radius 1 is 1.28 bits per heavy atom. The van der Waals surface area contributed by atoms with Crippen LogP contribution < -0.4 is 4.74 Å². The van der Waals surface area contributed by atoms with Gasteiger partial charge < -0.3 is 9.64 Å². The molecule has 1 atom stereocenters. The summed E-state index contributed by atoms with van der Waals surface area (Å²) in [4.78, 5) is 19.2. The fourth-order valence-corrected chi connectivity index (χ4v) is 3.33. The van der Waals surface area contributed by atoms with Crippen LogP contribution in [-0.2, 0) is 0 Å². The molecule has 1 amide bonds. The standard InChI is InChI=1S/C18H19N5O2/c1-2-25-17-13(7-5-10-19-17)18(24)22-12-6-8-14(22)16-21-20-15-9-3-4-11-23(15)16/h3-5,7,9-11,14H,2,6,8,12H2,1H3/t14-/m1/s1. The van der Waals surface area contributed by atoms with Crippen LogP contribution in [-0.4, -0.2) is 43.5 Å². The number of fused-ring (bicyclic) bond motifs is 1. The molecule has 1 saturated heterocycles. The molecule has 7 nitrogen and oxygen atoms in total. The van der Waals surface area contributed by atoms with Gasteiger partial charge in [0.1, 0.15) is 5.56 Å². The number of ether oxygens (including phenoxy) is 1. The first-order valence-corrected chi connectivity index (χ1v) is 8.48. The number of carbonyl (C=O) groups is 1. The fraction of sp³-hybridized carbons (Fsp3) is 0.333. The van der Waals surface area contributed by atoms with Gasteiger partial charge in [-0.15, -0.1) is 10.2 Å². The van der Waals surface area contributed by atoms with Gasteiger partial charge in [-0.3, -0.25) is 9.20 Å². The lowest BCUT2D eigenvalue weighted by atomic mass is 10.1. The molecule has 1 aliphatic rings. The quantitative estimate of drug-likeness (QED) is 0.731. The Morgan fingerprint density at radius 2 is 2.20 bits per heavy atom. The molecule has 25 heavy (non-hydrogen) atoms. The van der Waals surface area contributed by atoms with E-state index >= 15 is 0 Å². The van der Waals surface area contributed by atoms with E-state index in [1.165, 1.54) is 0 Å². The van der Waals surface area contributed by atoms with E-state index in [2.05, 4.69) is 15.2 Å². The molecular formula is C18H19N5O2. The molecule has 0 saturated carbocycles. The Bertz CT molecular complexity index is 907. The smallest absolute Gasteiger partial charge is 0.259 e. The largest absolute Gasteiger partial charge is 0.477 e. The Labute approximate surface area is 145 Å². The van der Waals surface area contributed by atoms with Crippen molar-refractivity contribution >= 4 is 11.6 Å². The molecule has 4 heterocycles. The molecule has 128 valence electrons. The predicted octanol–water partition coefficient (Wildman–Crippen LogP) is 2.50. The van der Waals surface area contributed by atoms with E-state index in [1.807, 2.05) is 40.6 Å². The van der Waals surface area contributed by atoms with Crippen molar-refractivity contribution in [3.63, 3.8) is 0 Å². The minimum atomic E-state index is -0.0976. The van der Waals surface area contributed by atoms with Gasteiger partial charge >= 0.3 is 0 Å². The first-order chi connectivity index (χ1) is 12.3. The van der Waals surface area contributed by atoms with Crippen molar-refractivity contribution in [2.24, 2.45) is 0 Å². The monoisotopic (exact) mass is 337 g/mol. The summed E-state index contributed by atoms with van der Waals surface area (Å²) in [5.74, 6) is 1.10. The van der Waals surface area contributed by atoms with E-state index in [4.69, 9.17) is 4.74 Å². The summed E-state index contributed by atoms with van der Waals surface area (Å²) in [7, 11) is 0. The number of pyridine rings is 2. The summed E-state index contributed by atoms with van der Waals surface area (Å²) in [5, 5.41) is 8.55. The van der Waals surface area contributed by atoms with Gasteiger partial charge in [-0.1, -0.05) is 6.07 Å². The number of likely N-dealkylation sites (tertiary alicyclic amines) is 1. The number of hydrogen-bond acceptors (Lipinski definition) is 5. The Balaban J connectivity index is 1.69. The van der Waals surface area contributed by atoms with Crippen LogP contribution in [0.2, 0.25) is 0 Å². The van der Waals surface area contributed by atoms with E-state index in [1.54, 1.807) is 18.3 Å². The van der Waals surface area contributed by atoms with E-state index in [-0.39, 0.29) is 11.9 Å². The van der Waals surface area contributed by atoms with Gasteiger partial charge in [-0.2, -0.15) is 0 Å². The highest BCUT2D eigenvalue weighted by molar-refractivity contribution is 5.96. The highest BCUT2D eigenvalue weighted by atomic mass is 16.5. The molecule has 4 rings (SSSR count). The van der Waals surface area contributed by atoms with Gasteiger partial charge in [-0.05, 0) is 44.0 Å². The van der Waals surface area contributed by atoms with Crippen molar-refractivity contribution in [3.8, 4) is 5.88 Å².